The van der Waals surface area contributed by atoms with Crippen molar-refractivity contribution in [2.45, 2.75) is 13.3 Å². The number of aromatic nitrogens is 1. The van der Waals surface area contributed by atoms with Crippen molar-refractivity contribution in [2.24, 2.45) is 0 Å². The first-order valence-electron chi connectivity index (χ1n) is 5.55. The molecule has 78 valence electrons. The standard InChI is InChI=1S/C15H13N/c1-11-5-4-8-15(16-11)14-9-12-6-2-3-7-13(12)10-14/h2-9H,10H2,1H3. The zero-order valence-corrected chi connectivity index (χ0v) is 9.27. The van der Waals surface area contributed by atoms with Crippen molar-refractivity contribution >= 4 is 11.6 Å². The average Bonchev–Trinajstić information content (AvgIpc) is 2.72. The highest BCUT2D eigenvalue weighted by atomic mass is 14.7. The Hall–Kier alpha value is -1.89. The number of allylic oxidation sites excluding steroid dienone is 1. The van der Waals surface area contributed by atoms with Crippen LogP contribution in [0.25, 0.3) is 11.6 Å². The summed E-state index contributed by atoms with van der Waals surface area (Å²) in [4.78, 5) is 4.57. The number of hydrogen-bond donors (Lipinski definition) is 0. The molecule has 0 bridgehead atoms. The van der Waals surface area contributed by atoms with E-state index in [1.807, 2.05) is 13.0 Å². The Morgan fingerprint density at radius 1 is 1.00 bits per heavy atom. The van der Waals surface area contributed by atoms with Crippen molar-refractivity contribution in [3.05, 3.63) is 65.0 Å². The van der Waals surface area contributed by atoms with E-state index in [4.69, 9.17) is 0 Å². The highest BCUT2D eigenvalue weighted by Crippen LogP contribution is 2.30. The predicted octanol–water partition coefficient (Wildman–Crippen LogP) is 3.49. The monoisotopic (exact) mass is 207 g/mol. The van der Waals surface area contributed by atoms with Gasteiger partial charge in [0, 0.05) is 12.1 Å². The van der Waals surface area contributed by atoms with Crippen LogP contribution in [0.15, 0.2) is 42.5 Å². The number of rotatable bonds is 1. The molecular formula is C15H13N. The quantitative estimate of drug-likeness (QED) is 0.697. The molecule has 0 aliphatic heterocycles. The molecule has 1 aliphatic carbocycles. The zero-order valence-electron chi connectivity index (χ0n) is 9.27. The Labute approximate surface area is 95.5 Å². The van der Waals surface area contributed by atoms with Gasteiger partial charge in [0.15, 0.2) is 0 Å². The van der Waals surface area contributed by atoms with Crippen LogP contribution >= 0.6 is 0 Å². The third-order valence-electron chi connectivity index (χ3n) is 2.98. The van der Waals surface area contributed by atoms with Gasteiger partial charge in [-0.1, -0.05) is 30.3 Å². The Morgan fingerprint density at radius 3 is 2.69 bits per heavy atom. The molecule has 1 nitrogen and oxygen atoms in total. The van der Waals surface area contributed by atoms with Crippen molar-refractivity contribution < 1.29 is 0 Å². The van der Waals surface area contributed by atoms with Crippen LogP contribution in [-0.2, 0) is 6.42 Å². The summed E-state index contributed by atoms with van der Waals surface area (Å²) >= 11 is 0. The molecule has 0 radical (unpaired) electrons. The van der Waals surface area contributed by atoms with Gasteiger partial charge in [-0.05, 0) is 41.8 Å². The van der Waals surface area contributed by atoms with Crippen molar-refractivity contribution in [3.63, 3.8) is 0 Å². The van der Waals surface area contributed by atoms with Crippen molar-refractivity contribution in [1.82, 2.24) is 4.98 Å². The maximum atomic E-state index is 4.57. The van der Waals surface area contributed by atoms with Gasteiger partial charge in [-0.25, -0.2) is 0 Å². The number of benzene rings is 1. The van der Waals surface area contributed by atoms with Crippen molar-refractivity contribution in [1.29, 1.82) is 0 Å². The summed E-state index contributed by atoms with van der Waals surface area (Å²) in [6.45, 7) is 2.03. The van der Waals surface area contributed by atoms with Crippen LogP contribution in [0.2, 0.25) is 0 Å². The molecule has 0 amide bonds. The Bertz CT molecular complexity index is 567. The first-order valence-corrected chi connectivity index (χ1v) is 5.55. The molecule has 0 saturated carbocycles. The minimum absolute atomic E-state index is 1.01. The lowest BCUT2D eigenvalue weighted by Crippen LogP contribution is -1.91. The van der Waals surface area contributed by atoms with E-state index in [1.165, 1.54) is 16.7 Å². The molecule has 1 heterocycles. The molecule has 1 heteroatoms. The lowest BCUT2D eigenvalue weighted by Gasteiger charge is -2.02. The van der Waals surface area contributed by atoms with E-state index in [0.717, 1.165) is 17.8 Å². The van der Waals surface area contributed by atoms with Crippen LogP contribution in [0.5, 0.6) is 0 Å². The molecule has 0 atom stereocenters. The van der Waals surface area contributed by atoms with Crippen LogP contribution in [0.3, 0.4) is 0 Å². The largest absolute Gasteiger partial charge is 0.253 e. The lowest BCUT2D eigenvalue weighted by atomic mass is 10.1. The maximum absolute atomic E-state index is 4.57. The van der Waals surface area contributed by atoms with Gasteiger partial charge in [0.1, 0.15) is 0 Å². The predicted molar refractivity (Wildman–Crippen MR) is 67.0 cm³/mol. The SMILES string of the molecule is Cc1cccc(C2=Cc3ccccc3C2)n1. The van der Waals surface area contributed by atoms with Crippen LogP contribution in [0.4, 0.5) is 0 Å². The summed E-state index contributed by atoms with van der Waals surface area (Å²) < 4.78 is 0. The van der Waals surface area contributed by atoms with Crippen molar-refractivity contribution in [3.8, 4) is 0 Å². The molecule has 1 aromatic heterocycles. The fourth-order valence-electron chi connectivity index (χ4n) is 2.17. The first-order chi connectivity index (χ1) is 7.83. The van der Waals surface area contributed by atoms with Gasteiger partial charge in [0.05, 0.1) is 5.69 Å². The Morgan fingerprint density at radius 2 is 1.88 bits per heavy atom. The summed E-state index contributed by atoms with van der Waals surface area (Å²) in [5.74, 6) is 0. The van der Waals surface area contributed by atoms with E-state index in [0.29, 0.717) is 0 Å². The van der Waals surface area contributed by atoms with Gasteiger partial charge in [0.25, 0.3) is 0 Å². The van der Waals surface area contributed by atoms with Gasteiger partial charge in [-0.3, -0.25) is 4.98 Å². The van der Waals surface area contributed by atoms with Gasteiger partial charge in [-0.15, -0.1) is 0 Å². The normalized spacial score (nSPS) is 13.4. The fourth-order valence-corrected chi connectivity index (χ4v) is 2.17. The lowest BCUT2D eigenvalue weighted by molar-refractivity contribution is 1.15. The van der Waals surface area contributed by atoms with Gasteiger partial charge >= 0.3 is 0 Å². The van der Waals surface area contributed by atoms with Gasteiger partial charge in [0.2, 0.25) is 0 Å². The van der Waals surface area contributed by atoms with E-state index < -0.39 is 0 Å². The van der Waals surface area contributed by atoms with E-state index >= 15 is 0 Å². The second-order valence-corrected chi connectivity index (χ2v) is 4.21. The van der Waals surface area contributed by atoms with E-state index in [2.05, 4.69) is 47.5 Å². The summed E-state index contributed by atoms with van der Waals surface area (Å²) in [5, 5.41) is 0. The molecule has 0 unspecified atom stereocenters. The van der Waals surface area contributed by atoms with Crippen LogP contribution < -0.4 is 0 Å². The third kappa shape index (κ3) is 1.54. The summed E-state index contributed by atoms with van der Waals surface area (Å²) in [6, 6.07) is 14.7. The van der Waals surface area contributed by atoms with E-state index in [1.54, 1.807) is 0 Å². The molecule has 2 aromatic rings. The second kappa shape index (κ2) is 3.60. The molecule has 0 saturated heterocycles. The number of pyridine rings is 1. The number of aryl methyl sites for hydroxylation is 1. The zero-order chi connectivity index (χ0) is 11.0. The fraction of sp³-hybridized carbons (Fsp3) is 0.133. The van der Waals surface area contributed by atoms with Crippen molar-refractivity contribution in [2.75, 3.05) is 0 Å². The number of hydrogen-bond acceptors (Lipinski definition) is 1. The molecule has 16 heavy (non-hydrogen) atoms. The molecule has 0 spiro atoms. The minimum atomic E-state index is 1.01. The Kier molecular flexibility index (Phi) is 2.10. The van der Waals surface area contributed by atoms with Crippen LogP contribution in [-0.4, -0.2) is 4.98 Å². The highest BCUT2D eigenvalue weighted by molar-refractivity contribution is 5.87. The van der Waals surface area contributed by atoms with Crippen LogP contribution in [0.1, 0.15) is 22.5 Å². The third-order valence-corrected chi connectivity index (χ3v) is 2.98. The summed E-state index contributed by atoms with van der Waals surface area (Å²) in [7, 11) is 0. The second-order valence-electron chi connectivity index (χ2n) is 4.21. The van der Waals surface area contributed by atoms with Crippen LogP contribution in [0, 0.1) is 6.92 Å². The number of fused-ring (bicyclic) bond motifs is 1. The van der Waals surface area contributed by atoms with E-state index in [9.17, 15) is 0 Å². The number of nitrogens with zero attached hydrogens (tertiary/aromatic N) is 1. The first kappa shape index (κ1) is 9.34. The highest BCUT2D eigenvalue weighted by Gasteiger charge is 2.13. The average molecular weight is 207 g/mol. The maximum Gasteiger partial charge on any atom is 0.0668 e. The summed E-state index contributed by atoms with van der Waals surface area (Å²) in [6.07, 6.45) is 3.25. The Balaban J connectivity index is 2.02. The smallest absolute Gasteiger partial charge is 0.0668 e. The molecule has 3 rings (SSSR count). The molecule has 1 aliphatic rings. The van der Waals surface area contributed by atoms with Gasteiger partial charge < -0.3 is 0 Å². The van der Waals surface area contributed by atoms with E-state index in [-0.39, 0.29) is 0 Å². The van der Waals surface area contributed by atoms with Gasteiger partial charge in [-0.2, -0.15) is 0 Å². The molecule has 0 N–H and O–H groups in total. The minimum Gasteiger partial charge on any atom is -0.253 e. The molecule has 0 fully saturated rings. The topological polar surface area (TPSA) is 12.9 Å². The summed E-state index contributed by atoms with van der Waals surface area (Å²) in [5.41, 5.74) is 6.25. The molecule has 1 aromatic carbocycles. The molecular weight excluding hydrogens is 194 g/mol.